The summed E-state index contributed by atoms with van der Waals surface area (Å²) in [6, 6.07) is 0. The minimum Gasteiger partial charge on any atom is -0.204 e. The zero-order valence-electron chi connectivity index (χ0n) is 20.0. The molecule has 0 bridgehead atoms. The van der Waals surface area contributed by atoms with Crippen LogP contribution in [-0.4, -0.2) is 13.4 Å². The molecule has 0 N–H and O–H groups in total. The van der Waals surface area contributed by atoms with Gasteiger partial charge in [0, 0.05) is 10.9 Å². The second-order valence-electron chi connectivity index (χ2n) is 9.00. The maximum atomic E-state index is 15.4. The highest BCUT2D eigenvalue weighted by Crippen LogP contribution is 2.24. The first kappa shape index (κ1) is 31.2. The van der Waals surface area contributed by atoms with E-state index in [4.69, 9.17) is 0 Å². The van der Waals surface area contributed by atoms with Gasteiger partial charge in [-0.3, -0.25) is 0 Å². The van der Waals surface area contributed by atoms with Crippen molar-refractivity contribution in [2.45, 2.75) is 0 Å². The lowest BCUT2D eigenvalue weighted by Gasteiger charge is -2.34. The summed E-state index contributed by atoms with van der Waals surface area (Å²) in [7, 11) is 0. The highest BCUT2D eigenvalue weighted by atomic mass is 19.2. The van der Waals surface area contributed by atoms with Crippen LogP contribution in [0.15, 0.2) is 0 Å². The molecule has 0 aliphatic carbocycles. The van der Waals surface area contributed by atoms with Crippen LogP contribution in [0.5, 0.6) is 0 Å². The SMILES string of the molecule is Fc1c(F)c(F)c(B2c3c(F)c(F)c(F)c(F)c3B(c3c(F)c(F)c(F)c(F)c3F)c3c(F)c(F)c(F)c(F)c32)c(F)c1F. The molecule has 0 unspecified atom stereocenters. The molecule has 0 fully saturated rings. The lowest BCUT2D eigenvalue weighted by molar-refractivity contribution is 0.383. The van der Waals surface area contributed by atoms with Crippen molar-refractivity contribution in [1.82, 2.24) is 0 Å². The summed E-state index contributed by atoms with van der Waals surface area (Å²) in [5.74, 6) is -54.3. The number of rotatable bonds is 2. The maximum Gasteiger partial charge on any atom is 0.256 e. The average Bonchev–Trinajstić information content (AvgIpc) is 3.00. The molecule has 0 saturated heterocycles. The first-order chi connectivity index (χ1) is 20.4. The van der Waals surface area contributed by atoms with Gasteiger partial charge in [-0.1, -0.05) is 0 Å². The maximum absolute atomic E-state index is 15.4. The van der Waals surface area contributed by atoms with E-state index in [9.17, 15) is 61.5 Å². The van der Waals surface area contributed by atoms with Gasteiger partial charge in [0.1, 0.15) is 0 Å². The van der Waals surface area contributed by atoms with Crippen molar-refractivity contribution in [2.24, 2.45) is 0 Å². The van der Waals surface area contributed by atoms with E-state index >= 15 is 17.6 Å². The Morgan fingerprint density at radius 3 is 0.432 bits per heavy atom. The number of hydrogen-bond acceptors (Lipinski definition) is 0. The molecule has 0 aromatic heterocycles. The zero-order chi connectivity index (χ0) is 33.0. The fraction of sp³-hybridized carbons (Fsp3) is 0. The molecule has 1 aliphatic heterocycles. The van der Waals surface area contributed by atoms with Crippen molar-refractivity contribution >= 4 is 46.2 Å². The van der Waals surface area contributed by atoms with Crippen molar-refractivity contribution in [3.8, 4) is 0 Å². The first-order valence-electron chi connectivity index (χ1n) is 11.1. The van der Waals surface area contributed by atoms with Crippen LogP contribution in [0, 0.1) is 105 Å². The van der Waals surface area contributed by atoms with Gasteiger partial charge in [0.15, 0.2) is 105 Å². The van der Waals surface area contributed by atoms with Crippen LogP contribution < -0.4 is 32.8 Å². The van der Waals surface area contributed by atoms with Gasteiger partial charge in [-0.05, 0) is 21.9 Å². The predicted octanol–water partition coefficient (Wildman–Crippen LogP) is 3.54. The van der Waals surface area contributed by atoms with Gasteiger partial charge in [-0.2, -0.15) is 0 Å². The Morgan fingerprint density at radius 2 is 0.273 bits per heavy atom. The van der Waals surface area contributed by atoms with Crippen LogP contribution in [0.25, 0.3) is 0 Å². The number of fused-ring (bicyclic) bond motifs is 2. The fourth-order valence-electron chi connectivity index (χ4n) is 5.08. The van der Waals surface area contributed by atoms with E-state index in [1.165, 1.54) is 0 Å². The van der Waals surface area contributed by atoms with Crippen LogP contribution in [-0.2, 0) is 0 Å². The Hall–Kier alpha value is -4.25. The third-order valence-electron chi connectivity index (χ3n) is 6.90. The summed E-state index contributed by atoms with van der Waals surface area (Å²) in [6.07, 6.45) is 0. The Balaban J connectivity index is 2.15. The molecule has 0 saturated carbocycles. The molecular formula is C24B2F18. The van der Waals surface area contributed by atoms with E-state index in [0.717, 1.165) is 0 Å². The van der Waals surface area contributed by atoms with Gasteiger partial charge in [0.25, 0.3) is 13.4 Å². The van der Waals surface area contributed by atoms with Gasteiger partial charge < -0.3 is 0 Å². The van der Waals surface area contributed by atoms with Crippen molar-refractivity contribution in [3.63, 3.8) is 0 Å². The second-order valence-corrected chi connectivity index (χ2v) is 9.00. The van der Waals surface area contributed by atoms with Crippen molar-refractivity contribution in [3.05, 3.63) is 105 Å². The van der Waals surface area contributed by atoms with Crippen molar-refractivity contribution < 1.29 is 79.0 Å². The number of hydrogen-bond donors (Lipinski definition) is 0. The lowest BCUT2D eigenvalue weighted by Crippen LogP contribution is -2.79. The first-order valence-corrected chi connectivity index (χ1v) is 11.1. The molecule has 1 aliphatic rings. The molecule has 0 radical (unpaired) electrons. The van der Waals surface area contributed by atoms with E-state index in [0.29, 0.717) is 0 Å². The second kappa shape index (κ2) is 10.2. The lowest BCUT2D eigenvalue weighted by atomic mass is 9.20. The Bertz CT molecular complexity index is 1700. The van der Waals surface area contributed by atoms with Crippen LogP contribution >= 0.6 is 0 Å². The molecule has 4 aromatic rings. The minimum absolute atomic E-state index is 2.39. The smallest absolute Gasteiger partial charge is 0.204 e. The highest BCUT2D eigenvalue weighted by molar-refractivity contribution is 7.11. The predicted molar refractivity (Wildman–Crippen MR) is 114 cm³/mol. The van der Waals surface area contributed by atoms with Crippen LogP contribution in [0.1, 0.15) is 0 Å². The Labute approximate surface area is 230 Å². The third-order valence-corrected chi connectivity index (χ3v) is 6.90. The summed E-state index contributed by atoms with van der Waals surface area (Å²) >= 11 is 0. The molecular weight excluding hydrogens is 652 g/mol. The van der Waals surface area contributed by atoms with Gasteiger partial charge >= 0.3 is 0 Å². The van der Waals surface area contributed by atoms with Crippen LogP contribution in [0.3, 0.4) is 0 Å². The quantitative estimate of drug-likeness (QED) is 0.119. The van der Waals surface area contributed by atoms with Crippen molar-refractivity contribution in [1.29, 1.82) is 0 Å². The zero-order valence-corrected chi connectivity index (χ0v) is 20.0. The molecule has 4 aromatic carbocycles. The molecule has 0 nitrogen and oxygen atoms in total. The highest BCUT2D eigenvalue weighted by Gasteiger charge is 2.53. The fourth-order valence-corrected chi connectivity index (χ4v) is 5.08. The van der Waals surface area contributed by atoms with E-state index < -0.39 is 151 Å². The molecule has 228 valence electrons. The van der Waals surface area contributed by atoms with E-state index in [-0.39, 0.29) is 0 Å². The summed E-state index contributed by atoms with van der Waals surface area (Å²) in [5, 5.41) is 0. The van der Waals surface area contributed by atoms with Gasteiger partial charge in [-0.25, -0.2) is 79.0 Å². The van der Waals surface area contributed by atoms with Gasteiger partial charge in [0.05, 0.1) is 0 Å². The molecule has 20 heteroatoms. The monoisotopic (exact) mass is 652 g/mol. The van der Waals surface area contributed by atoms with Crippen LogP contribution in [0.2, 0.25) is 0 Å². The molecule has 0 spiro atoms. The van der Waals surface area contributed by atoms with Crippen LogP contribution in [0.4, 0.5) is 79.0 Å². The minimum atomic E-state index is -3.74. The topological polar surface area (TPSA) is 0 Å². The Kier molecular flexibility index (Phi) is 7.20. The molecule has 1 heterocycles. The largest absolute Gasteiger partial charge is 0.256 e. The molecule has 44 heavy (non-hydrogen) atoms. The van der Waals surface area contributed by atoms with Crippen molar-refractivity contribution in [2.75, 3.05) is 0 Å². The van der Waals surface area contributed by atoms with Gasteiger partial charge in [0.2, 0.25) is 0 Å². The molecule has 0 amide bonds. The number of benzene rings is 4. The summed E-state index contributed by atoms with van der Waals surface area (Å²) in [4.78, 5) is 0. The van der Waals surface area contributed by atoms with E-state index in [1.807, 2.05) is 0 Å². The molecule has 0 atom stereocenters. The number of halogens is 18. The third kappa shape index (κ3) is 3.81. The average molecular weight is 652 g/mol. The standard InChI is InChI=1S/C24B2F18/c27-7-1-2(8(28)16(36)15(7)35)26(6-13(33)21(41)24(44)22(42)14(6)34)4-3(9(29)17(37)18(38)10(4)30)25(1)5-11(31)19(39)23(43)20(40)12(5)32. The Morgan fingerprint density at radius 1 is 0.159 bits per heavy atom. The summed E-state index contributed by atoms with van der Waals surface area (Å²) < 4.78 is 263. The summed E-state index contributed by atoms with van der Waals surface area (Å²) in [6.45, 7) is -7.48. The van der Waals surface area contributed by atoms with Gasteiger partial charge in [-0.15, -0.1) is 0 Å². The van der Waals surface area contributed by atoms with E-state index in [2.05, 4.69) is 0 Å². The van der Waals surface area contributed by atoms with E-state index in [1.54, 1.807) is 0 Å². The molecule has 5 rings (SSSR count). The normalized spacial score (nSPS) is 12.7. The summed E-state index contributed by atoms with van der Waals surface area (Å²) in [5.41, 5.74) is -14.7.